The van der Waals surface area contributed by atoms with Crippen LogP contribution < -0.4 is 4.90 Å². The van der Waals surface area contributed by atoms with Crippen LogP contribution in [-0.2, 0) is 6.54 Å². The maximum atomic E-state index is 5.32. The summed E-state index contributed by atoms with van der Waals surface area (Å²) < 4.78 is 0. The van der Waals surface area contributed by atoms with Crippen molar-refractivity contribution >= 4 is 17.1 Å². The number of rotatable bonds is 5. The second kappa shape index (κ2) is 10.1. The average molecular weight is 465 g/mol. The molecule has 2 atom stereocenters. The summed E-state index contributed by atoms with van der Waals surface area (Å²) in [5.41, 5.74) is 8.36. The van der Waals surface area contributed by atoms with Crippen LogP contribution in [0.15, 0.2) is 151 Å². The first kappa shape index (κ1) is 22.1. The maximum Gasteiger partial charge on any atom is 0.0671 e. The number of aliphatic imine (C=N–C) groups is 1. The largest absolute Gasteiger partial charge is 0.359 e. The van der Waals surface area contributed by atoms with E-state index in [1.807, 2.05) is 6.07 Å². The molecule has 5 aromatic rings. The first-order valence-electron chi connectivity index (χ1n) is 12.5. The molecule has 0 saturated carbocycles. The summed E-state index contributed by atoms with van der Waals surface area (Å²) in [5.74, 6) is 0.0624. The first-order chi connectivity index (χ1) is 17.9. The second-order valence-electron chi connectivity index (χ2n) is 9.21. The number of fused-ring (bicyclic) bond motifs is 1. The van der Waals surface area contributed by atoms with E-state index in [-0.39, 0.29) is 12.0 Å². The summed E-state index contributed by atoms with van der Waals surface area (Å²) in [7, 11) is 0. The molecule has 0 spiro atoms. The Labute approximate surface area is 213 Å². The van der Waals surface area contributed by atoms with Crippen molar-refractivity contribution in [2.24, 2.45) is 4.99 Å². The summed E-state index contributed by atoms with van der Waals surface area (Å²) in [6.07, 6.45) is 0. The molecule has 0 aliphatic carbocycles. The minimum Gasteiger partial charge on any atom is -0.359 e. The van der Waals surface area contributed by atoms with E-state index >= 15 is 0 Å². The lowest BCUT2D eigenvalue weighted by molar-refractivity contribution is 0.572. The Balaban J connectivity index is 1.63. The summed E-state index contributed by atoms with van der Waals surface area (Å²) in [5, 5.41) is 0. The van der Waals surface area contributed by atoms with Crippen molar-refractivity contribution in [1.29, 1.82) is 0 Å². The molecule has 0 N–H and O–H groups in total. The van der Waals surface area contributed by atoms with Crippen LogP contribution in [0, 0.1) is 0 Å². The Kier molecular flexibility index (Phi) is 6.16. The summed E-state index contributed by atoms with van der Waals surface area (Å²) in [6, 6.07) is 51.7. The van der Waals surface area contributed by atoms with Crippen LogP contribution in [0.25, 0.3) is 0 Å². The van der Waals surface area contributed by atoms with E-state index < -0.39 is 0 Å². The number of anilines is 1. The smallest absolute Gasteiger partial charge is 0.0671 e. The van der Waals surface area contributed by atoms with Crippen molar-refractivity contribution in [2.75, 3.05) is 4.90 Å². The first-order valence-corrected chi connectivity index (χ1v) is 12.5. The van der Waals surface area contributed by atoms with Crippen LogP contribution in [0.4, 0.5) is 11.4 Å². The van der Waals surface area contributed by atoms with Gasteiger partial charge in [0.2, 0.25) is 0 Å². The quantitative estimate of drug-likeness (QED) is 0.255. The minimum atomic E-state index is 0.0624. The van der Waals surface area contributed by atoms with E-state index in [9.17, 15) is 0 Å². The van der Waals surface area contributed by atoms with Gasteiger partial charge in [-0.15, -0.1) is 0 Å². The van der Waals surface area contributed by atoms with E-state index in [1.165, 1.54) is 27.9 Å². The molecule has 5 aromatic carbocycles. The van der Waals surface area contributed by atoms with Gasteiger partial charge in [0.1, 0.15) is 0 Å². The van der Waals surface area contributed by atoms with Crippen LogP contribution in [0.1, 0.15) is 34.2 Å². The third kappa shape index (κ3) is 4.34. The second-order valence-corrected chi connectivity index (χ2v) is 9.21. The van der Waals surface area contributed by atoms with Gasteiger partial charge < -0.3 is 4.90 Å². The molecule has 0 fully saturated rings. The monoisotopic (exact) mass is 464 g/mol. The molecular formula is C34H28N2. The lowest BCUT2D eigenvalue weighted by Crippen LogP contribution is -2.41. The van der Waals surface area contributed by atoms with Crippen molar-refractivity contribution in [3.63, 3.8) is 0 Å². The van der Waals surface area contributed by atoms with Gasteiger partial charge in [-0.1, -0.05) is 127 Å². The average Bonchev–Trinajstić information content (AvgIpc) is 2.96. The molecular weight excluding hydrogens is 436 g/mol. The number of para-hydroxylation sites is 2. The maximum absolute atomic E-state index is 5.32. The van der Waals surface area contributed by atoms with Gasteiger partial charge in [0, 0.05) is 17.8 Å². The zero-order chi connectivity index (χ0) is 24.2. The highest BCUT2D eigenvalue weighted by atomic mass is 15.2. The highest BCUT2D eigenvalue weighted by molar-refractivity contribution is 6.12. The molecule has 174 valence electrons. The Morgan fingerprint density at radius 1 is 0.528 bits per heavy atom. The predicted molar refractivity (Wildman–Crippen MR) is 150 cm³/mol. The Morgan fingerprint density at radius 3 is 1.72 bits per heavy atom. The molecule has 0 aromatic heterocycles. The van der Waals surface area contributed by atoms with Gasteiger partial charge in [0.05, 0.1) is 23.4 Å². The molecule has 2 nitrogen and oxygen atoms in total. The number of nitrogens with zero attached hydrogens (tertiary/aromatic N) is 2. The fourth-order valence-electron chi connectivity index (χ4n) is 5.35. The zero-order valence-corrected chi connectivity index (χ0v) is 20.1. The number of hydrogen-bond acceptors (Lipinski definition) is 2. The van der Waals surface area contributed by atoms with Crippen molar-refractivity contribution in [2.45, 2.75) is 18.5 Å². The van der Waals surface area contributed by atoms with E-state index in [2.05, 4.69) is 144 Å². The molecule has 1 aliphatic heterocycles. The topological polar surface area (TPSA) is 15.6 Å². The van der Waals surface area contributed by atoms with E-state index in [1.54, 1.807) is 0 Å². The van der Waals surface area contributed by atoms with Gasteiger partial charge in [-0.05, 0) is 34.9 Å². The normalized spacial score (nSPS) is 18.1. The summed E-state index contributed by atoms with van der Waals surface area (Å²) in [6.45, 7) is 0.819. The highest BCUT2D eigenvalue weighted by Gasteiger charge is 2.40. The van der Waals surface area contributed by atoms with Crippen molar-refractivity contribution < 1.29 is 0 Å². The molecule has 6 rings (SSSR count). The number of hydrogen-bond donors (Lipinski definition) is 0. The van der Waals surface area contributed by atoms with Gasteiger partial charge in [-0.3, -0.25) is 4.99 Å². The molecule has 0 bridgehead atoms. The van der Waals surface area contributed by atoms with E-state index in [0.29, 0.717) is 0 Å². The van der Waals surface area contributed by atoms with E-state index in [0.717, 1.165) is 17.9 Å². The van der Waals surface area contributed by atoms with Gasteiger partial charge in [-0.25, -0.2) is 0 Å². The van der Waals surface area contributed by atoms with Crippen LogP contribution in [-0.4, -0.2) is 5.71 Å². The van der Waals surface area contributed by atoms with Gasteiger partial charge >= 0.3 is 0 Å². The van der Waals surface area contributed by atoms with Crippen LogP contribution in [0.2, 0.25) is 0 Å². The summed E-state index contributed by atoms with van der Waals surface area (Å²) >= 11 is 0. The lowest BCUT2D eigenvalue weighted by atomic mass is 9.76. The third-order valence-corrected chi connectivity index (χ3v) is 6.94. The molecule has 36 heavy (non-hydrogen) atoms. The predicted octanol–water partition coefficient (Wildman–Crippen LogP) is 8.35. The highest BCUT2D eigenvalue weighted by Crippen LogP contribution is 2.48. The minimum absolute atomic E-state index is 0.0624. The van der Waals surface area contributed by atoms with Gasteiger partial charge in [0.15, 0.2) is 0 Å². The third-order valence-electron chi connectivity index (χ3n) is 6.94. The number of benzene rings is 5. The Morgan fingerprint density at radius 2 is 1.06 bits per heavy atom. The van der Waals surface area contributed by atoms with Crippen molar-refractivity contribution in [3.05, 3.63) is 168 Å². The summed E-state index contributed by atoms with van der Waals surface area (Å²) in [4.78, 5) is 7.90. The van der Waals surface area contributed by atoms with Crippen molar-refractivity contribution in [1.82, 2.24) is 0 Å². The molecule has 0 saturated heterocycles. The fraction of sp³-hybridized carbons (Fsp3) is 0.0882. The van der Waals surface area contributed by atoms with Crippen molar-refractivity contribution in [3.8, 4) is 0 Å². The fourth-order valence-corrected chi connectivity index (χ4v) is 5.35. The van der Waals surface area contributed by atoms with E-state index in [4.69, 9.17) is 4.99 Å². The zero-order valence-electron chi connectivity index (χ0n) is 20.1. The molecule has 0 unspecified atom stereocenters. The van der Waals surface area contributed by atoms with Gasteiger partial charge in [0.25, 0.3) is 0 Å². The lowest BCUT2D eigenvalue weighted by Gasteiger charge is -2.45. The molecule has 1 aliphatic rings. The van der Waals surface area contributed by atoms with Crippen LogP contribution in [0.5, 0.6) is 0 Å². The molecule has 0 amide bonds. The molecule has 2 heteroatoms. The van der Waals surface area contributed by atoms with Gasteiger partial charge in [-0.2, -0.15) is 0 Å². The molecule has 0 radical (unpaired) electrons. The van der Waals surface area contributed by atoms with Crippen LogP contribution >= 0.6 is 0 Å². The Hall–Kier alpha value is -4.43. The molecule has 1 heterocycles. The SMILES string of the molecule is c1ccc(CN2c3ccccc3C(=Nc3ccccc3)[C@@H](c3ccccc3)[C@@H]2c2ccccc2)cc1. The van der Waals surface area contributed by atoms with Crippen LogP contribution in [0.3, 0.4) is 0 Å². The Bertz CT molecular complexity index is 1440. The standard InChI is InChI=1S/C34H28N2/c1-5-15-26(16-6-1)25-36-31-24-14-13-23-30(31)33(35-29-21-11-4-12-22-29)32(27-17-7-2-8-18-27)34(36)28-19-9-3-10-20-28/h1-24,32,34H,25H2/t32-,34+/m1/s1.